The molecule has 2 aliphatic heterocycles. The van der Waals surface area contributed by atoms with Crippen LogP contribution in [0.4, 0.5) is 0 Å². The van der Waals surface area contributed by atoms with Crippen molar-refractivity contribution in [1.29, 1.82) is 0 Å². The van der Waals surface area contributed by atoms with Gasteiger partial charge in [-0.1, -0.05) is 57.1 Å². The molecule has 1 atom stereocenters. The van der Waals surface area contributed by atoms with Gasteiger partial charge in [-0.05, 0) is 43.4 Å². The first kappa shape index (κ1) is 25.4. The molecule has 6 rings (SSSR count). The second-order valence-electron chi connectivity index (χ2n) is 12.2. The molecule has 0 bridgehead atoms. The Bertz CT molecular complexity index is 1140. The molecule has 38 heavy (non-hydrogen) atoms. The van der Waals surface area contributed by atoms with Crippen LogP contribution in [0.1, 0.15) is 98.4 Å². The third kappa shape index (κ3) is 4.95. The number of nitrogens with two attached hydrogens (primary N) is 1. The van der Waals surface area contributed by atoms with Crippen molar-refractivity contribution in [3.05, 3.63) is 53.6 Å². The molecule has 3 heterocycles. The lowest BCUT2D eigenvalue weighted by atomic mass is 9.66. The molecule has 1 aromatic heterocycles. The summed E-state index contributed by atoms with van der Waals surface area (Å²) in [4.78, 5) is 34.3. The van der Waals surface area contributed by atoms with Gasteiger partial charge in [0.2, 0.25) is 5.91 Å². The number of aromatic nitrogens is 2. The summed E-state index contributed by atoms with van der Waals surface area (Å²) in [5.41, 5.74) is 11.3. The van der Waals surface area contributed by atoms with Gasteiger partial charge in [0.25, 0.3) is 5.91 Å². The molecule has 4 aliphatic rings. The summed E-state index contributed by atoms with van der Waals surface area (Å²) in [5.74, 6) is 1.22. The van der Waals surface area contributed by atoms with Crippen molar-refractivity contribution in [2.45, 2.75) is 88.6 Å². The highest BCUT2D eigenvalue weighted by Gasteiger charge is 2.48. The van der Waals surface area contributed by atoms with Crippen molar-refractivity contribution in [2.75, 3.05) is 31.6 Å². The Morgan fingerprint density at radius 3 is 2.08 bits per heavy atom. The van der Waals surface area contributed by atoms with Crippen LogP contribution in [0, 0.1) is 5.41 Å². The van der Waals surface area contributed by atoms with Gasteiger partial charge in [-0.25, -0.2) is 4.98 Å². The van der Waals surface area contributed by atoms with Crippen LogP contribution in [0.5, 0.6) is 0 Å². The average Bonchev–Trinajstić information content (AvgIpc) is 3.55. The zero-order valence-corrected chi connectivity index (χ0v) is 22.5. The maximum Gasteiger partial charge on any atom is 0.253 e. The Labute approximate surface area is 225 Å². The van der Waals surface area contributed by atoms with Crippen molar-refractivity contribution in [2.24, 2.45) is 11.1 Å². The fraction of sp³-hybridized carbons (Fsp3) is 0.633. The van der Waals surface area contributed by atoms with Crippen LogP contribution in [0.2, 0.25) is 0 Å². The number of imidazole rings is 1. The summed E-state index contributed by atoms with van der Waals surface area (Å²) >= 11 is 0. The molecule has 8 nitrogen and oxygen atoms in total. The van der Waals surface area contributed by atoms with Gasteiger partial charge in [-0.15, -0.1) is 0 Å². The van der Waals surface area contributed by atoms with Crippen LogP contribution in [0.25, 0.3) is 0 Å². The number of nitrogens with zero attached hydrogens (tertiary/aromatic N) is 4. The first-order chi connectivity index (χ1) is 18.5. The van der Waals surface area contributed by atoms with E-state index in [0.717, 1.165) is 25.1 Å². The van der Waals surface area contributed by atoms with E-state index in [1.54, 1.807) is 0 Å². The number of carbonyl (C=O) groups is 2. The Morgan fingerprint density at radius 1 is 0.842 bits per heavy atom. The van der Waals surface area contributed by atoms with E-state index in [1.807, 2.05) is 34.3 Å². The van der Waals surface area contributed by atoms with Gasteiger partial charge >= 0.3 is 0 Å². The van der Waals surface area contributed by atoms with Gasteiger partial charge in [-0.2, -0.15) is 0 Å². The first-order valence-corrected chi connectivity index (χ1v) is 14.7. The smallest absolute Gasteiger partial charge is 0.253 e. The highest BCUT2D eigenvalue weighted by atomic mass is 16.2. The molecule has 204 valence electrons. The predicted molar refractivity (Wildman–Crippen MR) is 147 cm³/mol. The molecule has 2 aromatic rings. The summed E-state index contributed by atoms with van der Waals surface area (Å²) < 4.78 is 2.10. The largest absolute Gasteiger partial charge is 0.338 e. The van der Waals surface area contributed by atoms with Crippen molar-refractivity contribution in [3.8, 4) is 0 Å². The average molecular weight is 519 g/mol. The minimum Gasteiger partial charge on any atom is -0.338 e. The Kier molecular flexibility index (Phi) is 6.93. The quantitative estimate of drug-likeness (QED) is 0.640. The van der Waals surface area contributed by atoms with Crippen molar-refractivity contribution in [1.82, 2.24) is 19.5 Å². The molecule has 3 N–H and O–H groups in total. The van der Waals surface area contributed by atoms with E-state index in [-0.39, 0.29) is 23.3 Å². The highest BCUT2D eigenvalue weighted by Crippen LogP contribution is 2.48. The minimum absolute atomic E-state index is 0.0411. The zero-order valence-electron chi connectivity index (χ0n) is 22.5. The van der Waals surface area contributed by atoms with E-state index in [2.05, 4.69) is 27.2 Å². The van der Waals surface area contributed by atoms with Crippen LogP contribution in [-0.4, -0.2) is 63.0 Å². The number of benzene rings is 1. The van der Waals surface area contributed by atoms with Crippen molar-refractivity contribution >= 4 is 11.8 Å². The van der Waals surface area contributed by atoms with E-state index in [9.17, 15) is 9.59 Å². The van der Waals surface area contributed by atoms with Crippen molar-refractivity contribution in [3.63, 3.8) is 0 Å². The molecule has 2 saturated carbocycles. The van der Waals surface area contributed by atoms with Gasteiger partial charge in [0, 0.05) is 56.0 Å². The summed E-state index contributed by atoms with van der Waals surface area (Å²) in [6, 6.07) is 8.48. The molecule has 2 amide bonds. The Hall–Kier alpha value is -2.87. The standard InChI is InChI=1S/C30H42N6O2/c31-30(14-15-30)28(38)35-20-18-34(19-21-35)27(37)24-10-8-23(9-11-24)26-29(22-25-32-16-17-36(25)33-26)12-6-4-2-1-3-5-7-13-29/h8-11,16-17,26,33H,1-7,12-15,18-22,31H2. The number of hydrogen-bond donors (Lipinski definition) is 2. The highest BCUT2D eigenvalue weighted by molar-refractivity contribution is 5.94. The van der Waals surface area contributed by atoms with Crippen LogP contribution in [0.3, 0.4) is 0 Å². The molecule has 1 aromatic carbocycles. The fourth-order valence-corrected chi connectivity index (χ4v) is 6.91. The predicted octanol–water partition coefficient (Wildman–Crippen LogP) is 4.01. The van der Waals surface area contributed by atoms with Gasteiger partial charge in [0.15, 0.2) is 0 Å². The Balaban J connectivity index is 1.17. The lowest BCUT2D eigenvalue weighted by Gasteiger charge is -2.46. The third-order valence-corrected chi connectivity index (χ3v) is 9.52. The number of amides is 2. The topological polar surface area (TPSA) is 96.5 Å². The maximum atomic E-state index is 13.3. The normalized spacial score (nSPS) is 24.8. The third-order valence-electron chi connectivity index (χ3n) is 9.52. The minimum atomic E-state index is -0.640. The maximum absolute atomic E-state index is 13.3. The number of nitrogens with one attached hydrogen (secondary N) is 1. The van der Waals surface area contributed by atoms with Crippen LogP contribution < -0.4 is 11.2 Å². The van der Waals surface area contributed by atoms with Gasteiger partial charge in [0.1, 0.15) is 5.82 Å². The van der Waals surface area contributed by atoms with Crippen LogP contribution >= 0.6 is 0 Å². The molecule has 0 radical (unpaired) electrons. The number of hydrogen-bond acceptors (Lipinski definition) is 5. The van der Waals surface area contributed by atoms with Crippen molar-refractivity contribution < 1.29 is 9.59 Å². The van der Waals surface area contributed by atoms with E-state index < -0.39 is 5.54 Å². The first-order valence-electron chi connectivity index (χ1n) is 14.7. The van der Waals surface area contributed by atoms with Gasteiger partial charge in [-0.3, -0.25) is 14.3 Å². The van der Waals surface area contributed by atoms with Crippen LogP contribution in [-0.2, 0) is 11.2 Å². The summed E-state index contributed by atoms with van der Waals surface area (Å²) in [5, 5.41) is 0. The van der Waals surface area contributed by atoms with E-state index in [1.165, 1.54) is 63.4 Å². The number of carbonyl (C=O) groups excluding carboxylic acids is 2. The number of rotatable bonds is 3. The SMILES string of the molecule is NC1(C(=O)N2CCN(C(=O)c3ccc(C4Nn5ccnc5CC45CCCCCCCCC5)cc3)CC2)CC1. The second kappa shape index (κ2) is 10.4. The molecule has 8 heteroatoms. The number of fused-ring (bicyclic) bond motifs is 1. The van der Waals surface area contributed by atoms with E-state index in [4.69, 9.17) is 5.73 Å². The molecule has 1 unspecified atom stereocenters. The lowest BCUT2D eigenvalue weighted by molar-refractivity contribution is -0.135. The second-order valence-corrected chi connectivity index (χ2v) is 12.2. The molecule has 3 fully saturated rings. The fourth-order valence-electron chi connectivity index (χ4n) is 6.91. The molecule has 2 aliphatic carbocycles. The Morgan fingerprint density at radius 2 is 1.45 bits per heavy atom. The van der Waals surface area contributed by atoms with Gasteiger partial charge < -0.3 is 21.0 Å². The molecular formula is C30H42N6O2. The van der Waals surface area contributed by atoms with E-state index in [0.29, 0.717) is 31.7 Å². The molecule has 1 saturated heterocycles. The number of piperazine rings is 1. The summed E-state index contributed by atoms with van der Waals surface area (Å²) in [6.45, 7) is 2.23. The summed E-state index contributed by atoms with van der Waals surface area (Å²) in [6.07, 6.45) is 18.0. The van der Waals surface area contributed by atoms with E-state index >= 15 is 0 Å². The molecule has 1 spiro atoms. The molecular weight excluding hydrogens is 476 g/mol. The zero-order chi connectivity index (χ0) is 26.2. The summed E-state index contributed by atoms with van der Waals surface area (Å²) in [7, 11) is 0. The van der Waals surface area contributed by atoms with Crippen LogP contribution in [0.15, 0.2) is 36.7 Å². The monoisotopic (exact) mass is 518 g/mol. The van der Waals surface area contributed by atoms with Gasteiger partial charge in [0.05, 0.1) is 11.6 Å². The lowest BCUT2D eigenvalue weighted by Crippen LogP contribution is -2.55.